The van der Waals surface area contributed by atoms with E-state index < -0.39 is 0 Å². The molecule has 3 rings (SSSR count). The molecule has 0 radical (unpaired) electrons. The number of aromatic nitrogens is 2. The molecule has 0 aliphatic carbocycles. The minimum Gasteiger partial charge on any atom is -0.326 e. The highest BCUT2D eigenvalue weighted by atomic mass is 16.1. The number of benzene rings is 2. The van der Waals surface area contributed by atoms with Gasteiger partial charge in [-0.1, -0.05) is 18.2 Å². The maximum atomic E-state index is 11.2. The molecule has 0 atom stereocenters. The molecule has 6 heteroatoms. The van der Waals surface area contributed by atoms with Gasteiger partial charge in [0.2, 0.25) is 5.91 Å². The van der Waals surface area contributed by atoms with Crippen LogP contribution < -0.4 is 10.6 Å². The Morgan fingerprint density at radius 1 is 1.12 bits per heavy atom. The van der Waals surface area contributed by atoms with Crippen molar-refractivity contribution >= 4 is 17.3 Å². The topological polar surface area (TPSA) is 82.7 Å². The lowest BCUT2D eigenvalue weighted by Crippen LogP contribution is -2.05. The lowest BCUT2D eigenvalue weighted by molar-refractivity contribution is -0.114. The van der Waals surface area contributed by atoms with Gasteiger partial charge >= 0.3 is 0 Å². The van der Waals surface area contributed by atoms with Crippen LogP contribution in [-0.2, 0) is 4.79 Å². The van der Waals surface area contributed by atoms with E-state index in [1.54, 1.807) is 10.9 Å². The Bertz CT molecular complexity index is 923. The molecule has 2 N–H and O–H groups in total. The largest absolute Gasteiger partial charge is 0.326 e. The third-order valence-corrected chi connectivity index (χ3v) is 3.41. The monoisotopic (exact) mass is 317 g/mol. The fourth-order valence-corrected chi connectivity index (χ4v) is 2.38. The van der Waals surface area contributed by atoms with Gasteiger partial charge in [-0.25, -0.2) is 4.68 Å². The molecule has 0 aliphatic rings. The highest BCUT2D eigenvalue weighted by molar-refractivity contribution is 5.89. The zero-order valence-corrected chi connectivity index (χ0v) is 13.0. The van der Waals surface area contributed by atoms with Gasteiger partial charge in [-0.3, -0.25) is 10.1 Å². The zero-order chi connectivity index (χ0) is 16.9. The normalized spacial score (nSPS) is 10.0. The molecule has 2 aromatic carbocycles. The van der Waals surface area contributed by atoms with E-state index in [9.17, 15) is 4.79 Å². The van der Waals surface area contributed by atoms with E-state index in [1.165, 1.54) is 6.92 Å². The first-order chi connectivity index (χ1) is 11.7. The van der Waals surface area contributed by atoms with Crippen molar-refractivity contribution in [1.82, 2.24) is 9.78 Å². The van der Waals surface area contributed by atoms with Crippen LogP contribution in [0.1, 0.15) is 6.92 Å². The van der Waals surface area contributed by atoms with Crippen molar-refractivity contribution in [1.29, 1.82) is 5.26 Å². The van der Waals surface area contributed by atoms with Crippen LogP contribution in [0.15, 0.2) is 60.9 Å². The Kier molecular flexibility index (Phi) is 4.25. The van der Waals surface area contributed by atoms with Crippen molar-refractivity contribution in [2.24, 2.45) is 0 Å². The van der Waals surface area contributed by atoms with Crippen molar-refractivity contribution in [3.05, 3.63) is 60.9 Å². The van der Waals surface area contributed by atoms with Crippen LogP contribution >= 0.6 is 0 Å². The minimum absolute atomic E-state index is 0.107. The fourth-order valence-electron chi connectivity index (χ4n) is 2.38. The van der Waals surface area contributed by atoms with Crippen LogP contribution in [0.25, 0.3) is 16.8 Å². The third kappa shape index (κ3) is 3.42. The molecule has 0 saturated carbocycles. The number of carbonyl (C=O) groups excluding carboxylic acids is 1. The summed E-state index contributed by atoms with van der Waals surface area (Å²) in [5, 5.41) is 18.5. The van der Waals surface area contributed by atoms with E-state index in [4.69, 9.17) is 5.26 Å². The van der Waals surface area contributed by atoms with Crippen molar-refractivity contribution < 1.29 is 4.79 Å². The molecule has 0 aliphatic heterocycles. The van der Waals surface area contributed by atoms with Crippen molar-refractivity contribution in [2.45, 2.75) is 6.92 Å². The molecule has 1 amide bonds. The maximum absolute atomic E-state index is 11.2. The highest BCUT2D eigenvalue weighted by Crippen LogP contribution is 2.24. The van der Waals surface area contributed by atoms with Gasteiger partial charge < -0.3 is 5.32 Å². The Morgan fingerprint density at radius 3 is 2.71 bits per heavy atom. The molecule has 0 saturated heterocycles. The summed E-state index contributed by atoms with van der Waals surface area (Å²) >= 11 is 0. The summed E-state index contributed by atoms with van der Waals surface area (Å²) in [6, 6.07) is 15.0. The van der Waals surface area contributed by atoms with Crippen LogP contribution in [-0.4, -0.2) is 15.7 Å². The summed E-state index contributed by atoms with van der Waals surface area (Å²) in [4.78, 5) is 11.2. The molecule has 6 nitrogen and oxygen atoms in total. The molecule has 1 aromatic heterocycles. The van der Waals surface area contributed by atoms with Crippen LogP contribution in [0.4, 0.5) is 11.4 Å². The van der Waals surface area contributed by atoms with E-state index in [2.05, 4.69) is 15.7 Å². The third-order valence-electron chi connectivity index (χ3n) is 3.41. The van der Waals surface area contributed by atoms with Gasteiger partial charge in [0.15, 0.2) is 6.19 Å². The summed E-state index contributed by atoms with van der Waals surface area (Å²) in [5.74, 6) is -0.107. The molecule has 0 spiro atoms. The molecular weight excluding hydrogens is 302 g/mol. The first-order valence-corrected chi connectivity index (χ1v) is 7.34. The van der Waals surface area contributed by atoms with Crippen LogP contribution in [0.2, 0.25) is 0 Å². The number of nitrogens with one attached hydrogen (secondary N) is 2. The Morgan fingerprint density at radius 2 is 1.92 bits per heavy atom. The van der Waals surface area contributed by atoms with Gasteiger partial charge in [0, 0.05) is 30.1 Å². The first kappa shape index (κ1) is 15.3. The Balaban J connectivity index is 1.90. The number of rotatable bonds is 4. The second-order valence-corrected chi connectivity index (χ2v) is 5.22. The van der Waals surface area contributed by atoms with Crippen molar-refractivity contribution in [3.63, 3.8) is 0 Å². The summed E-state index contributed by atoms with van der Waals surface area (Å²) < 4.78 is 1.74. The first-order valence-electron chi connectivity index (χ1n) is 7.34. The quantitative estimate of drug-likeness (QED) is 0.571. The van der Waals surface area contributed by atoms with Gasteiger partial charge in [-0.15, -0.1) is 0 Å². The average Bonchev–Trinajstić information content (AvgIpc) is 3.05. The average molecular weight is 317 g/mol. The predicted octanol–water partition coefficient (Wildman–Crippen LogP) is 3.39. The SMILES string of the molecule is CC(=O)Nc1cccc(-c2cnn(-c3cccc(NC#N)c3)c2)c1. The standard InChI is InChI=1S/C18H15N5O/c1-13(24)22-17-6-2-4-14(8-17)15-10-21-23(11-15)18-7-3-5-16(9-18)20-12-19/h2-11,20H,1H3,(H,22,24). The van der Waals surface area contributed by atoms with Crippen molar-refractivity contribution in [2.75, 3.05) is 10.6 Å². The fraction of sp³-hybridized carbons (Fsp3) is 0.0556. The minimum atomic E-state index is -0.107. The maximum Gasteiger partial charge on any atom is 0.221 e. The molecule has 0 unspecified atom stereocenters. The predicted molar refractivity (Wildman–Crippen MR) is 92.5 cm³/mol. The lowest BCUT2D eigenvalue weighted by Gasteiger charge is -2.05. The molecule has 118 valence electrons. The zero-order valence-electron chi connectivity index (χ0n) is 13.0. The number of anilines is 2. The number of hydrogen-bond donors (Lipinski definition) is 2. The molecule has 24 heavy (non-hydrogen) atoms. The Labute approximate surface area is 139 Å². The summed E-state index contributed by atoms with van der Waals surface area (Å²) in [6.07, 6.45) is 5.56. The summed E-state index contributed by atoms with van der Waals surface area (Å²) in [7, 11) is 0. The molecule has 0 bridgehead atoms. The van der Waals surface area contributed by atoms with Crippen LogP contribution in [0.3, 0.4) is 0 Å². The van der Waals surface area contributed by atoms with E-state index in [0.717, 1.165) is 22.5 Å². The molecule has 0 fully saturated rings. The van der Waals surface area contributed by atoms with Gasteiger partial charge in [0.1, 0.15) is 0 Å². The highest BCUT2D eigenvalue weighted by Gasteiger charge is 2.05. The second kappa shape index (κ2) is 6.67. The van der Waals surface area contributed by atoms with E-state index in [-0.39, 0.29) is 5.91 Å². The van der Waals surface area contributed by atoms with E-state index in [1.807, 2.05) is 60.9 Å². The van der Waals surface area contributed by atoms with Gasteiger partial charge in [-0.2, -0.15) is 10.4 Å². The number of nitriles is 1. The van der Waals surface area contributed by atoms with Gasteiger partial charge in [0.25, 0.3) is 0 Å². The van der Waals surface area contributed by atoms with Crippen LogP contribution in [0.5, 0.6) is 0 Å². The molecular formula is C18H15N5O. The van der Waals surface area contributed by atoms with E-state index in [0.29, 0.717) is 5.69 Å². The Hall–Kier alpha value is -3.59. The second-order valence-electron chi connectivity index (χ2n) is 5.22. The number of amides is 1. The number of carbonyl (C=O) groups is 1. The van der Waals surface area contributed by atoms with Crippen molar-refractivity contribution in [3.8, 4) is 23.0 Å². The van der Waals surface area contributed by atoms with E-state index >= 15 is 0 Å². The van der Waals surface area contributed by atoms with Gasteiger partial charge in [0.05, 0.1) is 11.9 Å². The number of hydrogen-bond acceptors (Lipinski definition) is 4. The molecule has 1 heterocycles. The lowest BCUT2D eigenvalue weighted by atomic mass is 10.1. The smallest absolute Gasteiger partial charge is 0.221 e. The van der Waals surface area contributed by atoms with Crippen LogP contribution in [0, 0.1) is 11.5 Å². The number of nitrogens with zero attached hydrogens (tertiary/aromatic N) is 3. The molecule has 3 aromatic rings. The van der Waals surface area contributed by atoms with Gasteiger partial charge in [-0.05, 0) is 35.9 Å². The summed E-state index contributed by atoms with van der Waals surface area (Å²) in [5.41, 5.74) is 4.19. The summed E-state index contributed by atoms with van der Waals surface area (Å²) in [6.45, 7) is 1.48.